The molecule has 110 valence electrons. The number of hydrogen-bond donors (Lipinski definition) is 7. The summed E-state index contributed by atoms with van der Waals surface area (Å²) in [5, 5.41) is 60.5. The van der Waals surface area contributed by atoms with E-state index in [0.717, 1.165) is 13.0 Å². The number of piperidine rings is 1. The van der Waals surface area contributed by atoms with Gasteiger partial charge in [-0.25, -0.2) is 0 Å². The zero-order chi connectivity index (χ0) is 14.2. The summed E-state index contributed by atoms with van der Waals surface area (Å²) in [6.07, 6.45) is -5.71. The lowest BCUT2D eigenvalue weighted by Gasteiger charge is -2.42. The summed E-state index contributed by atoms with van der Waals surface area (Å²) in [4.78, 5) is 0. The van der Waals surface area contributed by atoms with E-state index in [4.69, 9.17) is 4.74 Å². The quantitative estimate of drug-likeness (QED) is 0.203. The Morgan fingerprint density at radius 3 is 2.47 bits per heavy atom. The van der Waals surface area contributed by atoms with Gasteiger partial charge >= 0.3 is 5.97 Å². The summed E-state index contributed by atoms with van der Waals surface area (Å²) in [6.45, 7) is 1.19. The lowest BCUT2D eigenvalue weighted by Crippen LogP contribution is -2.64. The summed E-state index contributed by atoms with van der Waals surface area (Å²) >= 11 is 0. The zero-order valence-corrected chi connectivity index (χ0v) is 10.2. The van der Waals surface area contributed by atoms with Gasteiger partial charge in [0.25, 0.3) is 0 Å². The van der Waals surface area contributed by atoms with Crippen molar-refractivity contribution in [3.05, 3.63) is 11.3 Å². The van der Waals surface area contributed by atoms with E-state index in [9.17, 15) is 30.6 Å². The molecule has 2 rings (SSSR count). The third-order valence-corrected chi connectivity index (χ3v) is 3.47. The Balaban J connectivity index is 2.23. The standard InChI is InChI=1S/C11H19NO7/c13-6(5-2-1-3-12-4-5)9-7(14)8(15)10(16)11(17,18)19-9/h7-10,12-18H,1-4H2/b6-5-/t7-,8-,9-,10+/m0/s1. The molecule has 0 radical (unpaired) electrons. The van der Waals surface area contributed by atoms with Crippen molar-refractivity contribution < 1.29 is 35.4 Å². The lowest BCUT2D eigenvalue weighted by molar-refractivity contribution is -0.430. The van der Waals surface area contributed by atoms with E-state index in [1.165, 1.54) is 0 Å². The van der Waals surface area contributed by atoms with Gasteiger partial charge < -0.3 is 40.7 Å². The predicted octanol–water partition coefficient (Wildman–Crippen LogP) is -2.70. The molecule has 0 spiro atoms. The maximum absolute atomic E-state index is 10.0. The second kappa shape index (κ2) is 5.33. The number of ether oxygens (including phenoxy) is 1. The summed E-state index contributed by atoms with van der Waals surface area (Å²) < 4.78 is 4.70. The van der Waals surface area contributed by atoms with Crippen LogP contribution in [0.3, 0.4) is 0 Å². The van der Waals surface area contributed by atoms with Gasteiger partial charge in [-0.1, -0.05) is 0 Å². The molecule has 8 heteroatoms. The van der Waals surface area contributed by atoms with Gasteiger partial charge in [0, 0.05) is 6.54 Å². The Morgan fingerprint density at radius 2 is 1.89 bits per heavy atom. The highest BCUT2D eigenvalue weighted by molar-refractivity contribution is 5.18. The first-order valence-electron chi connectivity index (χ1n) is 6.13. The van der Waals surface area contributed by atoms with Gasteiger partial charge in [0.05, 0.1) is 0 Å². The number of hydrogen-bond acceptors (Lipinski definition) is 8. The molecule has 0 aromatic rings. The van der Waals surface area contributed by atoms with Crippen LogP contribution >= 0.6 is 0 Å². The molecule has 0 aliphatic carbocycles. The molecule has 8 nitrogen and oxygen atoms in total. The average Bonchev–Trinajstić information content (AvgIpc) is 2.41. The molecular weight excluding hydrogens is 258 g/mol. The van der Waals surface area contributed by atoms with Crippen molar-refractivity contribution in [2.24, 2.45) is 0 Å². The van der Waals surface area contributed by atoms with Crippen LogP contribution in [0.2, 0.25) is 0 Å². The predicted molar refractivity (Wildman–Crippen MR) is 61.8 cm³/mol. The Labute approximate surface area is 109 Å². The minimum Gasteiger partial charge on any atom is -0.509 e. The lowest BCUT2D eigenvalue weighted by atomic mass is 9.93. The Kier molecular flexibility index (Phi) is 4.11. The fourth-order valence-electron chi connectivity index (χ4n) is 2.31. The molecular formula is C11H19NO7. The fourth-order valence-corrected chi connectivity index (χ4v) is 2.31. The van der Waals surface area contributed by atoms with E-state index >= 15 is 0 Å². The van der Waals surface area contributed by atoms with Crippen molar-refractivity contribution in [2.75, 3.05) is 13.1 Å². The summed E-state index contributed by atoms with van der Waals surface area (Å²) in [7, 11) is 0. The van der Waals surface area contributed by atoms with Gasteiger partial charge in [-0.05, 0) is 25.0 Å². The molecule has 0 bridgehead atoms. The second-order valence-corrected chi connectivity index (χ2v) is 4.89. The third-order valence-electron chi connectivity index (χ3n) is 3.47. The highest BCUT2D eigenvalue weighted by Crippen LogP contribution is 2.31. The van der Waals surface area contributed by atoms with Gasteiger partial charge in [0.1, 0.15) is 24.1 Å². The number of rotatable bonds is 1. The van der Waals surface area contributed by atoms with Crippen LogP contribution in [0.1, 0.15) is 12.8 Å². The van der Waals surface area contributed by atoms with E-state index in [2.05, 4.69) is 5.32 Å². The third kappa shape index (κ3) is 2.75. The van der Waals surface area contributed by atoms with E-state index in [0.29, 0.717) is 18.5 Å². The van der Waals surface area contributed by atoms with Crippen molar-refractivity contribution in [3.63, 3.8) is 0 Å². The molecule has 2 heterocycles. The molecule has 0 aromatic heterocycles. The molecule has 19 heavy (non-hydrogen) atoms. The van der Waals surface area contributed by atoms with Crippen LogP contribution in [-0.2, 0) is 4.74 Å². The minimum atomic E-state index is -3.03. The highest BCUT2D eigenvalue weighted by Gasteiger charge is 2.53. The van der Waals surface area contributed by atoms with Crippen molar-refractivity contribution in [2.45, 2.75) is 43.2 Å². The largest absolute Gasteiger partial charge is 0.509 e. The molecule has 7 N–H and O–H groups in total. The maximum atomic E-state index is 10.0. The smallest absolute Gasteiger partial charge is 0.309 e. The van der Waals surface area contributed by atoms with Crippen molar-refractivity contribution in [1.29, 1.82) is 0 Å². The molecule has 2 saturated heterocycles. The van der Waals surface area contributed by atoms with Gasteiger partial charge in [-0.2, -0.15) is 0 Å². The van der Waals surface area contributed by atoms with Gasteiger partial charge in [0.2, 0.25) is 0 Å². The van der Waals surface area contributed by atoms with Crippen LogP contribution in [0.15, 0.2) is 11.3 Å². The summed E-state index contributed by atoms with van der Waals surface area (Å²) in [5.41, 5.74) is 0.565. The Hall–Kier alpha value is -0.740. The number of aliphatic hydroxyl groups excluding tert-OH is 4. The first-order chi connectivity index (χ1) is 8.84. The average molecular weight is 277 g/mol. The normalized spacial score (nSPS) is 41.9. The molecule has 2 aliphatic heterocycles. The maximum Gasteiger partial charge on any atom is 0.309 e. The van der Waals surface area contributed by atoms with Crippen molar-refractivity contribution in [3.8, 4) is 0 Å². The van der Waals surface area contributed by atoms with E-state index in [-0.39, 0.29) is 5.76 Å². The molecule has 0 unspecified atom stereocenters. The van der Waals surface area contributed by atoms with Gasteiger partial charge in [-0.15, -0.1) is 0 Å². The van der Waals surface area contributed by atoms with Gasteiger partial charge in [0.15, 0.2) is 6.10 Å². The Bertz CT molecular complexity index is 362. The Morgan fingerprint density at radius 1 is 1.21 bits per heavy atom. The monoisotopic (exact) mass is 277 g/mol. The van der Waals surface area contributed by atoms with E-state index in [1.54, 1.807) is 0 Å². The van der Waals surface area contributed by atoms with Crippen molar-refractivity contribution >= 4 is 0 Å². The second-order valence-electron chi connectivity index (χ2n) is 4.89. The minimum absolute atomic E-state index is 0.349. The van der Waals surface area contributed by atoms with Crippen LogP contribution in [-0.4, -0.2) is 74.1 Å². The molecule has 0 saturated carbocycles. The molecule has 0 aromatic carbocycles. The van der Waals surface area contributed by atoms with E-state index in [1.807, 2.05) is 0 Å². The molecule has 2 aliphatic rings. The zero-order valence-electron chi connectivity index (χ0n) is 10.2. The molecule has 4 atom stereocenters. The van der Waals surface area contributed by atoms with Crippen LogP contribution in [0.4, 0.5) is 0 Å². The summed E-state index contributed by atoms with van der Waals surface area (Å²) in [5.74, 6) is -3.38. The molecule has 2 fully saturated rings. The topological polar surface area (TPSA) is 143 Å². The highest BCUT2D eigenvalue weighted by atomic mass is 16.8. The number of aliphatic hydroxyl groups is 6. The van der Waals surface area contributed by atoms with Gasteiger partial charge in [-0.3, -0.25) is 0 Å². The fraction of sp³-hybridized carbons (Fsp3) is 0.818. The first-order valence-corrected chi connectivity index (χ1v) is 6.13. The van der Waals surface area contributed by atoms with Crippen molar-refractivity contribution in [1.82, 2.24) is 5.32 Å². The van der Waals surface area contributed by atoms with E-state index < -0.39 is 30.4 Å². The summed E-state index contributed by atoms with van der Waals surface area (Å²) in [6, 6.07) is 0. The SMILES string of the molecule is O/C(=C1/CCCNC1)[C@@H]1OC(O)(O)[C@H](O)[C@@H](O)[C@@H]1O. The number of nitrogens with one attached hydrogen (secondary N) is 1. The first kappa shape index (κ1) is 14.7. The van der Waals surface area contributed by atoms with Crippen LogP contribution < -0.4 is 5.32 Å². The van der Waals surface area contributed by atoms with Crippen LogP contribution in [0.5, 0.6) is 0 Å². The van der Waals surface area contributed by atoms with Crippen LogP contribution in [0.25, 0.3) is 0 Å². The van der Waals surface area contributed by atoms with Crippen LogP contribution in [0, 0.1) is 0 Å². The molecule has 0 amide bonds.